The second kappa shape index (κ2) is 4.29. The molecule has 1 heterocycles. The molecule has 0 amide bonds. The van der Waals surface area contributed by atoms with E-state index in [1.807, 2.05) is 13.8 Å². The molecule has 72 valence electrons. The highest BCUT2D eigenvalue weighted by Gasteiger charge is 2.08. The molecule has 0 saturated carbocycles. The number of thioether (sulfide) groups is 1. The van der Waals surface area contributed by atoms with Crippen LogP contribution in [0.2, 0.25) is 5.15 Å². The third-order valence-electron chi connectivity index (χ3n) is 1.58. The van der Waals surface area contributed by atoms with Crippen LogP contribution >= 0.6 is 23.4 Å². The SMILES string of the molecule is Cc1nc(Cl)c(SC(C)C)nc1C. The first-order valence-corrected chi connectivity index (χ1v) is 5.44. The van der Waals surface area contributed by atoms with E-state index in [4.69, 9.17) is 11.6 Å². The molecule has 0 aliphatic carbocycles. The maximum absolute atomic E-state index is 5.95. The molecule has 0 N–H and O–H groups in total. The van der Waals surface area contributed by atoms with Crippen LogP contribution in [0, 0.1) is 13.8 Å². The number of hydrogen-bond donors (Lipinski definition) is 0. The zero-order valence-corrected chi connectivity index (χ0v) is 9.83. The molecule has 0 aromatic carbocycles. The molecule has 13 heavy (non-hydrogen) atoms. The van der Waals surface area contributed by atoms with Gasteiger partial charge in [-0.3, -0.25) is 0 Å². The molecule has 0 bridgehead atoms. The summed E-state index contributed by atoms with van der Waals surface area (Å²) >= 11 is 7.59. The van der Waals surface area contributed by atoms with E-state index in [0.717, 1.165) is 16.4 Å². The minimum absolute atomic E-state index is 0.480. The standard InChI is InChI=1S/C9H13ClN2S/c1-5(2)13-9-8(10)11-6(3)7(4)12-9/h5H,1-4H3. The number of rotatable bonds is 2. The average molecular weight is 217 g/mol. The van der Waals surface area contributed by atoms with Gasteiger partial charge in [0.2, 0.25) is 0 Å². The second-order valence-corrected chi connectivity index (χ2v) is 5.08. The van der Waals surface area contributed by atoms with Crippen LogP contribution in [0.5, 0.6) is 0 Å². The minimum Gasteiger partial charge on any atom is -0.242 e. The Morgan fingerprint density at radius 3 is 2.23 bits per heavy atom. The van der Waals surface area contributed by atoms with Crippen LogP contribution in [0.3, 0.4) is 0 Å². The molecule has 1 aromatic heterocycles. The van der Waals surface area contributed by atoms with Crippen LogP contribution in [0.15, 0.2) is 5.03 Å². The van der Waals surface area contributed by atoms with Gasteiger partial charge in [0, 0.05) is 5.25 Å². The van der Waals surface area contributed by atoms with Crippen molar-refractivity contribution in [2.45, 2.75) is 38.0 Å². The van der Waals surface area contributed by atoms with E-state index < -0.39 is 0 Å². The maximum Gasteiger partial charge on any atom is 0.161 e. The van der Waals surface area contributed by atoms with Gasteiger partial charge in [-0.1, -0.05) is 25.4 Å². The third-order valence-corrected chi connectivity index (χ3v) is 2.94. The summed E-state index contributed by atoms with van der Waals surface area (Å²) < 4.78 is 0. The highest BCUT2D eigenvalue weighted by Crippen LogP contribution is 2.27. The molecule has 0 saturated heterocycles. The zero-order chi connectivity index (χ0) is 10.0. The van der Waals surface area contributed by atoms with Crippen LogP contribution < -0.4 is 0 Å². The van der Waals surface area contributed by atoms with Crippen molar-refractivity contribution in [3.8, 4) is 0 Å². The van der Waals surface area contributed by atoms with E-state index in [1.165, 1.54) is 0 Å². The largest absolute Gasteiger partial charge is 0.242 e. The Bertz CT molecular complexity index is 313. The van der Waals surface area contributed by atoms with Crippen LogP contribution in [0.25, 0.3) is 0 Å². The van der Waals surface area contributed by atoms with Crippen molar-refractivity contribution in [3.05, 3.63) is 16.5 Å². The van der Waals surface area contributed by atoms with Gasteiger partial charge in [0.1, 0.15) is 5.03 Å². The van der Waals surface area contributed by atoms with Crippen molar-refractivity contribution >= 4 is 23.4 Å². The first kappa shape index (κ1) is 10.8. The van der Waals surface area contributed by atoms with Crippen molar-refractivity contribution in [2.75, 3.05) is 0 Å². The summed E-state index contributed by atoms with van der Waals surface area (Å²) in [6.07, 6.45) is 0. The molecule has 2 nitrogen and oxygen atoms in total. The van der Waals surface area contributed by atoms with Gasteiger partial charge in [0.05, 0.1) is 11.4 Å². The lowest BCUT2D eigenvalue weighted by atomic mass is 10.4. The predicted octanol–water partition coefficient (Wildman–Crippen LogP) is 3.25. The Balaban J connectivity index is 3.01. The van der Waals surface area contributed by atoms with Gasteiger partial charge in [-0.15, -0.1) is 11.8 Å². The van der Waals surface area contributed by atoms with Crippen LogP contribution in [0.4, 0.5) is 0 Å². The fourth-order valence-corrected chi connectivity index (χ4v) is 1.94. The molecule has 4 heteroatoms. The van der Waals surface area contributed by atoms with Gasteiger partial charge in [-0.05, 0) is 13.8 Å². The fourth-order valence-electron chi connectivity index (χ4n) is 0.854. The molecule has 0 aliphatic heterocycles. The van der Waals surface area contributed by atoms with Crippen molar-refractivity contribution in [1.82, 2.24) is 9.97 Å². The van der Waals surface area contributed by atoms with Gasteiger partial charge in [0.15, 0.2) is 5.15 Å². The number of aromatic nitrogens is 2. The van der Waals surface area contributed by atoms with Crippen LogP contribution in [-0.4, -0.2) is 15.2 Å². The zero-order valence-electron chi connectivity index (χ0n) is 8.26. The summed E-state index contributed by atoms with van der Waals surface area (Å²) in [5.74, 6) is 0. The number of hydrogen-bond acceptors (Lipinski definition) is 3. The highest BCUT2D eigenvalue weighted by atomic mass is 35.5. The van der Waals surface area contributed by atoms with Crippen LogP contribution in [-0.2, 0) is 0 Å². The van der Waals surface area contributed by atoms with E-state index >= 15 is 0 Å². The van der Waals surface area contributed by atoms with Crippen LogP contribution in [0.1, 0.15) is 25.2 Å². The fraction of sp³-hybridized carbons (Fsp3) is 0.556. The molecule has 0 spiro atoms. The summed E-state index contributed by atoms with van der Waals surface area (Å²) in [5.41, 5.74) is 1.85. The number of aryl methyl sites for hydroxylation is 2. The molecule has 0 atom stereocenters. The lowest BCUT2D eigenvalue weighted by Gasteiger charge is -2.07. The average Bonchev–Trinajstić information content (AvgIpc) is 1.99. The summed E-state index contributed by atoms with van der Waals surface area (Å²) in [5, 5.41) is 1.83. The highest BCUT2D eigenvalue weighted by molar-refractivity contribution is 7.99. The Morgan fingerprint density at radius 1 is 1.15 bits per heavy atom. The Kier molecular flexibility index (Phi) is 3.56. The van der Waals surface area contributed by atoms with Crippen molar-refractivity contribution in [2.24, 2.45) is 0 Å². The topological polar surface area (TPSA) is 25.8 Å². The first-order valence-electron chi connectivity index (χ1n) is 4.18. The van der Waals surface area contributed by atoms with E-state index in [1.54, 1.807) is 11.8 Å². The van der Waals surface area contributed by atoms with Crippen molar-refractivity contribution < 1.29 is 0 Å². The molecular formula is C9H13ClN2S. The van der Waals surface area contributed by atoms with E-state index in [0.29, 0.717) is 10.4 Å². The molecule has 1 rings (SSSR count). The van der Waals surface area contributed by atoms with Crippen molar-refractivity contribution in [1.29, 1.82) is 0 Å². The first-order chi connectivity index (χ1) is 6.00. The van der Waals surface area contributed by atoms with Gasteiger partial charge in [-0.2, -0.15) is 0 Å². The molecular weight excluding hydrogens is 204 g/mol. The molecule has 0 aliphatic rings. The molecule has 1 aromatic rings. The normalized spacial score (nSPS) is 10.9. The summed E-state index contributed by atoms with van der Waals surface area (Å²) in [6.45, 7) is 8.08. The molecule has 0 radical (unpaired) electrons. The Hall–Kier alpha value is -0.280. The third kappa shape index (κ3) is 2.85. The van der Waals surface area contributed by atoms with Gasteiger partial charge >= 0.3 is 0 Å². The smallest absolute Gasteiger partial charge is 0.161 e. The lowest BCUT2D eigenvalue weighted by Crippen LogP contribution is -1.97. The second-order valence-electron chi connectivity index (χ2n) is 3.16. The quantitative estimate of drug-likeness (QED) is 0.710. The molecule has 0 fully saturated rings. The summed E-state index contributed by atoms with van der Waals surface area (Å²) in [4.78, 5) is 8.59. The van der Waals surface area contributed by atoms with Gasteiger partial charge in [0.25, 0.3) is 0 Å². The maximum atomic E-state index is 5.95. The van der Waals surface area contributed by atoms with E-state index in [9.17, 15) is 0 Å². The van der Waals surface area contributed by atoms with E-state index in [2.05, 4.69) is 23.8 Å². The van der Waals surface area contributed by atoms with E-state index in [-0.39, 0.29) is 0 Å². The Labute approximate surface area is 88.1 Å². The molecule has 0 unspecified atom stereocenters. The minimum atomic E-state index is 0.480. The van der Waals surface area contributed by atoms with Crippen molar-refractivity contribution in [3.63, 3.8) is 0 Å². The van der Waals surface area contributed by atoms with Gasteiger partial charge in [-0.25, -0.2) is 9.97 Å². The lowest BCUT2D eigenvalue weighted by molar-refractivity contribution is 0.950. The summed E-state index contributed by atoms with van der Waals surface area (Å²) in [6, 6.07) is 0. The summed E-state index contributed by atoms with van der Waals surface area (Å²) in [7, 11) is 0. The van der Waals surface area contributed by atoms with Gasteiger partial charge < -0.3 is 0 Å². The Morgan fingerprint density at radius 2 is 1.69 bits per heavy atom. The number of nitrogens with zero attached hydrogens (tertiary/aromatic N) is 2. The monoisotopic (exact) mass is 216 g/mol. The predicted molar refractivity (Wildman–Crippen MR) is 57.5 cm³/mol. The number of halogens is 1.